The van der Waals surface area contributed by atoms with E-state index in [0.29, 0.717) is 32.6 Å². The average molecular weight is 331 g/mol. The van der Waals surface area contributed by atoms with Crippen molar-refractivity contribution in [1.29, 1.82) is 0 Å². The molecule has 1 aromatic carbocycles. The summed E-state index contributed by atoms with van der Waals surface area (Å²) in [5.74, 6) is 1.62. The Morgan fingerprint density at radius 1 is 1.12 bits per heavy atom. The molecule has 0 bridgehead atoms. The van der Waals surface area contributed by atoms with Gasteiger partial charge in [-0.1, -0.05) is 17.7 Å². The minimum atomic E-state index is 0.105. The second kappa shape index (κ2) is 10.0. The Kier molecular flexibility index (Phi) is 7.66. The van der Waals surface area contributed by atoms with E-state index >= 15 is 0 Å². The first-order chi connectivity index (χ1) is 11.7. The standard InChI is InChI=1S/C20H29NO3/c1-3-23-18-12-10-16(14-19(18)24-4-2)11-13-20(22)21-15-17-8-6-5-7-9-17/h8,10,12,14H,3-7,9,11,13,15H2,1-2H3,(H,21,22). The van der Waals surface area contributed by atoms with Gasteiger partial charge in [0.15, 0.2) is 11.5 Å². The van der Waals surface area contributed by atoms with Gasteiger partial charge in [0.25, 0.3) is 0 Å². The molecule has 0 heterocycles. The minimum Gasteiger partial charge on any atom is -0.490 e. The molecule has 24 heavy (non-hydrogen) atoms. The lowest BCUT2D eigenvalue weighted by Crippen LogP contribution is -2.26. The van der Waals surface area contributed by atoms with Crippen molar-refractivity contribution in [2.24, 2.45) is 0 Å². The van der Waals surface area contributed by atoms with E-state index in [2.05, 4.69) is 11.4 Å². The van der Waals surface area contributed by atoms with Gasteiger partial charge < -0.3 is 14.8 Å². The molecule has 0 aliphatic heterocycles. The van der Waals surface area contributed by atoms with Crippen LogP contribution in [0.4, 0.5) is 0 Å². The predicted octanol–water partition coefficient (Wildman–Crippen LogP) is 4.03. The van der Waals surface area contributed by atoms with Crippen LogP contribution in [0.1, 0.15) is 51.5 Å². The van der Waals surface area contributed by atoms with Gasteiger partial charge >= 0.3 is 0 Å². The summed E-state index contributed by atoms with van der Waals surface area (Å²) in [6.45, 7) is 5.81. The molecule has 1 aliphatic carbocycles. The van der Waals surface area contributed by atoms with E-state index < -0.39 is 0 Å². The highest BCUT2D eigenvalue weighted by Crippen LogP contribution is 2.29. The van der Waals surface area contributed by atoms with Gasteiger partial charge in [0.2, 0.25) is 5.91 Å². The molecular weight excluding hydrogens is 302 g/mol. The highest BCUT2D eigenvalue weighted by atomic mass is 16.5. The van der Waals surface area contributed by atoms with Gasteiger partial charge in [-0.3, -0.25) is 4.79 Å². The Hall–Kier alpha value is -1.97. The van der Waals surface area contributed by atoms with Crippen LogP contribution in [0.2, 0.25) is 0 Å². The van der Waals surface area contributed by atoms with Gasteiger partial charge in [0.05, 0.1) is 13.2 Å². The van der Waals surface area contributed by atoms with Crippen molar-refractivity contribution in [1.82, 2.24) is 5.32 Å². The molecule has 0 spiro atoms. The summed E-state index contributed by atoms with van der Waals surface area (Å²) in [6.07, 6.45) is 8.26. The second-order valence-corrected chi connectivity index (χ2v) is 6.03. The Balaban J connectivity index is 1.83. The maximum absolute atomic E-state index is 12.0. The van der Waals surface area contributed by atoms with Gasteiger partial charge in [-0.2, -0.15) is 0 Å². The third kappa shape index (κ3) is 5.91. The summed E-state index contributed by atoms with van der Waals surface area (Å²) < 4.78 is 11.2. The third-order valence-corrected chi connectivity index (χ3v) is 4.15. The summed E-state index contributed by atoms with van der Waals surface area (Å²) in [5.41, 5.74) is 2.46. The molecule has 4 heteroatoms. The lowest BCUT2D eigenvalue weighted by molar-refractivity contribution is -0.120. The van der Waals surface area contributed by atoms with E-state index in [1.54, 1.807) is 0 Å². The number of aryl methyl sites for hydroxylation is 1. The van der Waals surface area contributed by atoms with Crippen LogP contribution in [0.3, 0.4) is 0 Å². The van der Waals surface area contributed by atoms with E-state index in [0.717, 1.165) is 29.9 Å². The molecule has 1 aliphatic rings. The zero-order valence-corrected chi connectivity index (χ0v) is 14.9. The number of nitrogens with one attached hydrogen (secondary N) is 1. The number of carbonyl (C=O) groups is 1. The maximum atomic E-state index is 12.0. The van der Waals surface area contributed by atoms with E-state index in [9.17, 15) is 4.79 Å². The molecule has 1 N–H and O–H groups in total. The number of amides is 1. The second-order valence-electron chi connectivity index (χ2n) is 6.03. The van der Waals surface area contributed by atoms with Gasteiger partial charge in [-0.05, 0) is 63.6 Å². The van der Waals surface area contributed by atoms with Crippen LogP contribution in [-0.4, -0.2) is 25.7 Å². The van der Waals surface area contributed by atoms with Crippen LogP contribution in [0.25, 0.3) is 0 Å². The van der Waals surface area contributed by atoms with Crippen molar-refractivity contribution < 1.29 is 14.3 Å². The van der Waals surface area contributed by atoms with Crippen molar-refractivity contribution in [3.8, 4) is 11.5 Å². The van der Waals surface area contributed by atoms with Crippen LogP contribution in [0.5, 0.6) is 11.5 Å². The summed E-state index contributed by atoms with van der Waals surface area (Å²) in [6, 6.07) is 5.91. The summed E-state index contributed by atoms with van der Waals surface area (Å²) in [5, 5.41) is 3.03. The highest BCUT2D eigenvalue weighted by Gasteiger charge is 2.09. The molecule has 0 saturated carbocycles. The monoisotopic (exact) mass is 331 g/mol. The molecule has 0 aromatic heterocycles. The van der Waals surface area contributed by atoms with Gasteiger partial charge in [0.1, 0.15) is 0 Å². The smallest absolute Gasteiger partial charge is 0.220 e. The molecule has 0 saturated heterocycles. The fourth-order valence-corrected chi connectivity index (χ4v) is 2.87. The summed E-state index contributed by atoms with van der Waals surface area (Å²) in [4.78, 5) is 12.0. The van der Waals surface area contributed by atoms with Crippen LogP contribution >= 0.6 is 0 Å². The first-order valence-corrected chi connectivity index (χ1v) is 9.06. The van der Waals surface area contributed by atoms with Crippen LogP contribution in [0.15, 0.2) is 29.8 Å². The van der Waals surface area contributed by atoms with E-state index in [1.807, 2.05) is 32.0 Å². The molecule has 2 rings (SSSR count). The molecular formula is C20H29NO3. The molecule has 1 amide bonds. The normalized spacial score (nSPS) is 14.0. The number of hydrogen-bond acceptors (Lipinski definition) is 3. The molecule has 0 atom stereocenters. The lowest BCUT2D eigenvalue weighted by atomic mass is 9.99. The van der Waals surface area contributed by atoms with Gasteiger partial charge in [-0.25, -0.2) is 0 Å². The SMILES string of the molecule is CCOc1ccc(CCC(=O)NCC2=CCCCC2)cc1OCC. The molecule has 1 aromatic rings. The molecule has 132 valence electrons. The Labute approximate surface area is 145 Å². The molecule has 4 nitrogen and oxygen atoms in total. The van der Waals surface area contributed by atoms with E-state index in [1.165, 1.54) is 18.4 Å². The van der Waals surface area contributed by atoms with Gasteiger partial charge in [0, 0.05) is 13.0 Å². The number of rotatable bonds is 9. The summed E-state index contributed by atoms with van der Waals surface area (Å²) >= 11 is 0. The number of benzene rings is 1. The topological polar surface area (TPSA) is 47.6 Å². The van der Waals surface area contributed by atoms with E-state index in [4.69, 9.17) is 9.47 Å². The van der Waals surface area contributed by atoms with Crippen molar-refractivity contribution in [2.45, 2.75) is 52.4 Å². The minimum absolute atomic E-state index is 0.105. The van der Waals surface area contributed by atoms with E-state index in [-0.39, 0.29) is 5.91 Å². The van der Waals surface area contributed by atoms with Crippen molar-refractivity contribution >= 4 is 5.91 Å². The number of allylic oxidation sites excluding steroid dienone is 1. The largest absolute Gasteiger partial charge is 0.490 e. The molecule has 0 radical (unpaired) electrons. The molecule has 0 fully saturated rings. The fraction of sp³-hybridized carbons (Fsp3) is 0.550. The van der Waals surface area contributed by atoms with Crippen molar-refractivity contribution in [3.63, 3.8) is 0 Å². The lowest BCUT2D eigenvalue weighted by Gasteiger charge is -2.14. The fourth-order valence-electron chi connectivity index (χ4n) is 2.87. The van der Waals surface area contributed by atoms with Crippen molar-refractivity contribution in [3.05, 3.63) is 35.4 Å². The quantitative estimate of drug-likeness (QED) is 0.695. The average Bonchev–Trinajstić information content (AvgIpc) is 2.61. The third-order valence-electron chi connectivity index (χ3n) is 4.15. The Morgan fingerprint density at radius 3 is 2.62 bits per heavy atom. The first kappa shape index (κ1) is 18.4. The van der Waals surface area contributed by atoms with Crippen LogP contribution in [-0.2, 0) is 11.2 Å². The number of ether oxygens (including phenoxy) is 2. The zero-order chi connectivity index (χ0) is 17.2. The van der Waals surface area contributed by atoms with Crippen molar-refractivity contribution in [2.75, 3.05) is 19.8 Å². The predicted molar refractivity (Wildman–Crippen MR) is 96.7 cm³/mol. The summed E-state index contributed by atoms with van der Waals surface area (Å²) in [7, 11) is 0. The molecule has 0 unspecified atom stereocenters. The first-order valence-electron chi connectivity index (χ1n) is 9.06. The number of carbonyl (C=O) groups excluding carboxylic acids is 1. The van der Waals surface area contributed by atoms with Crippen LogP contribution in [0, 0.1) is 0 Å². The Morgan fingerprint density at radius 2 is 1.92 bits per heavy atom. The highest BCUT2D eigenvalue weighted by molar-refractivity contribution is 5.76. The maximum Gasteiger partial charge on any atom is 0.220 e. The van der Waals surface area contributed by atoms with Gasteiger partial charge in [-0.15, -0.1) is 0 Å². The zero-order valence-electron chi connectivity index (χ0n) is 14.9. The van der Waals surface area contributed by atoms with Crippen LogP contribution < -0.4 is 14.8 Å². The number of hydrogen-bond donors (Lipinski definition) is 1. The Bertz CT molecular complexity index is 566.